The molecule has 3 rings (SSSR count). The minimum absolute atomic E-state index is 0.181. The fourth-order valence-electron chi connectivity index (χ4n) is 2.49. The van der Waals surface area contributed by atoms with E-state index in [1.54, 1.807) is 0 Å². The smallest absolute Gasteiger partial charge is 0.322 e. The third-order valence-electron chi connectivity index (χ3n) is 3.93. The number of halogens is 1. The summed E-state index contributed by atoms with van der Waals surface area (Å²) in [5.74, 6) is 1.54. The van der Waals surface area contributed by atoms with Crippen LogP contribution in [0.4, 0.5) is 5.95 Å². The third-order valence-corrected chi connectivity index (χ3v) is 4.10. The van der Waals surface area contributed by atoms with Gasteiger partial charge >= 0.3 is 6.01 Å². The molecular weight excluding hydrogens is 278 g/mol. The van der Waals surface area contributed by atoms with Crippen molar-refractivity contribution in [3.8, 4) is 6.01 Å². The maximum atomic E-state index is 5.89. The molecule has 7 heteroatoms. The molecule has 0 radical (unpaired) electrons. The number of rotatable bonds is 5. The van der Waals surface area contributed by atoms with Crippen molar-refractivity contribution in [2.45, 2.75) is 31.7 Å². The first-order chi connectivity index (χ1) is 9.74. The molecule has 0 atom stereocenters. The Labute approximate surface area is 123 Å². The molecule has 0 unspecified atom stereocenters. The number of methoxy groups -OCH3 is 1. The molecule has 0 bridgehead atoms. The SMILES string of the molecule is COc1nc(Cl)nc(N2CCC(NCC3CC3)CC2)n1. The van der Waals surface area contributed by atoms with E-state index in [1.165, 1.54) is 26.5 Å². The second-order valence-electron chi connectivity index (χ2n) is 5.50. The van der Waals surface area contributed by atoms with E-state index in [-0.39, 0.29) is 11.3 Å². The van der Waals surface area contributed by atoms with E-state index in [9.17, 15) is 0 Å². The Balaban J connectivity index is 1.55. The topological polar surface area (TPSA) is 63.2 Å². The van der Waals surface area contributed by atoms with Gasteiger partial charge in [-0.3, -0.25) is 0 Å². The molecule has 0 spiro atoms. The van der Waals surface area contributed by atoms with Crippen LogP contribution in [0.15, 0.2) is 0 Å². The van der Waals surface area contributed by atoms with Crippen molar-refractivity contribution in [3.63, 3.8) is 0 Å². The van der Waals surface area contributed by atoms with Crippen LogP contribution in [0, 0.1) is 5.92 Å². The van der Waals surface area contributed by atoms with Crippen LogP contribution >= 0.6 is 11.6 Å². The summed E-state index contributed by atoms with van der Waals surface area (Å²) in [5, 5.41) is 3.84. The third kappa shape index (κ3) is 3.49. The molecule has 1 N–H and O–H groups in total. The molecule has 2 fully saturated rings. The first-order valence-corrected chi connectivity index (χ1v) is 7.56. The second kappa shape index (κ2) is 6.10. The van der Waals surface area contributed by atoms with Crippen LogP contribution < -0.4 is 15.0 Å². The van der Waals surface area contributed by atoms with Gasteiger partial charge in [0, 0.05) is 19.1 Å². The van der Waals surface area contributed by atoms with Crippen LogP contribution in [0.5, 0.6) is 6.01 Å². The fraction of sp³-hybridized carbons (Fsp3) is 0.769. The summed E-state index contributed by atoms with van der Waals surface area (Å²) in [7, 11) is 1.53. The summed E-state index contributed by atoms with van der Waals surface area (Å²) in [6, 6.07) is 0.889. The number of nitrogens with zero attached hydrogens (tertiary/aromatic N) is 4. The number of aromatic nitrogens is 3. The minimum atomic E-state index is 0.181. The molecule has 1 aliphatic heterocycles. The van der Waals surface area contributed by atoms with Gasteiger partial charge in [0.1, 0.15) is 0 Å². The number of nitrogens with one attached hydrogen (secondary N) is 1. The van der Waals surface area contributed by atoms with Crippen molar-refractivity contribution in [1.82, 2.24) is 20.3 Å². The molecule has 6 nitrogen and oxygen atoms in total. The van der Waals surface area contributed by atoms with Crippen molar-refractivity contribution in [3.05, 3.63) is 5.28 Å². The first-order valence-electron chi connectivity index (χ1n) is 7.18. The summed E-state index contributed by atoms with van der Waals surface area (Å²) < 4.78 is 5.03. The van der Waals surface area contributed by atoms with Gasteiger partial charge in [0.2, 0.25) is 11.2 Å². The van der Waals surface area contributed by atoms with Crippen molar-refractivity contribution in [2.24, 2.45) is 5.92 Å². The lowest BCUT2D eigenvalue weighted by Gasteiger charge is -2.32. The monoisotopic (exact) mass is 297 g/mol. The lowest BCUT2D eigenvalue weighted by molar-refractivity contribution is 0.374. The molecule has 110 valence electrons. The maximum absolute atomic E-state index is 5.89. The molecule has 1 saturated heterocycles. The standard InChI is InChI=1S/C13H20ClN5O/c1-20-13-17-11(14)16-12(18-13)19-6-4-10(5-7-19)15-8-9-2-3-9/h9-10,15H,2-8H2,1H3. The van der Waals surface area contributed by atoms with E-state index in [4.69, 9.17) is 16.3 Å². The summed E-state index contributed by atoms with van der Waals surface area (Å²) in [6.45, 7) is 3.05. The van der Waals surface area contributed by atoms with Gasteiger partial charge in [-0.1, -0.05) is 0 Å². The van der Waals surface area contributed by atoms with E-state index in [0.29, 0.717) is 12.0 Å². The fourth-order valence-corrected chi connectivity index (χ4v) is 2.64. The lowest BCUT2D eigenvalue weighted by Crippen LogP contribution is -2.43. The normalized spacial score (nSPS) is 20.2. The van der Waals surface area contributed by atoms with E-state index < -0.39 is 0 Å². The average molecular weight is 298 g/mol. The second-order valence-corrected chi connectivity index (χ2v) is 5.84. The summed E-state index contributed by atoms with van der Waals surface area (Å²) in [5.41, 5.74) is 0. The van der Waals surface area contributed by atoms with Gasteiger partial charge in [-0.15, -0.1) is 0 Å². The van der Waals surface area contributed by atoms with E-state index in [0.717, 1.165) is 31.8 Å². The van der Waals surface area contributed by atoms with E-state index >= 15 is 0 Å². The molecule has 2 aliphatic rings. The molecular formula is C13H20ClN5O. The van der Waals surface area contributed by atoms with Crippen LogP contribution in [0.3, 0.4) is 0 Å². The van der Waals surface area contributed by atoms with Gasteiger partial charge in [-0.2, -0.15) is 15.0 Å². The highest BCUT2D eigenvalue weighted by molar-refractivity contribution is 6.28. The van der Waals surface area contributed by atoms with Crippen LogP contribution in [-0.2, 0) is 0 Å². The molecule has 0 amide bonds. The summed E-state index contributed by atoms with van der Waals surface area (Å²) in [6.07, 6.45) is 5.01. The summed E-state index contributed by atoms with van der Waals surface area (Å²) >= 11 is 5.89. The Morgan fingerprint density at radius 1 is 1.20 bits per heavy atom. The number of ether oxygens (including phenoxy) is 1. The van der Waals surface area contributed by atoms with Crippen LogP contribution in [0.25, 0.3) is 0 Å². The zero-order chi connectivity index (χ0) is 13.9. The molecule has 0 aromatic carbocycles. The number of anilines is 1. The van der Waals surface area contributed by atoms with Crippen molar-refractivity contribution in [1.29, 1.82) is 0 Å². The Kier molecular flexibility index (Phi) is 4.21. The van der Waals surface area contributed by atoms with Crippen LogP contribution in [-0.4, -0.2) is 47.7 Å². The molecule has 1 aliphatic carbocycles. The minimum Gasteiger partial charge on any atom is -0.467 e. The largest absolute Gasteiger partial charge is 0.467 e. The van der Waals surface area contributed by atoms with Crippen LogP contribution in [0.2, 0.25) is 5.28 Å². The summed E-state index contributed by atoms with van der Waals surface area (Å²) in [4.78, 5) is 14.5. The highest BCUT2D eigenvalue weighted by Crippen LogP contribution is 2.28. The van der Waals surface area contributed by atoms with Gasteiger partial charge in [-0.05, 0) is 49.7 Å². The van der Waals surface area contributed by atoms with Crippen molar-refractivity contribution < 1.29 is 4.74 Å². The predicted octanol–water partition coefficient (Wildman–Crippen LogP) is 1.50. The Hall–Kier alpha value is -1.14. The molecule has 1 aromatic heterocycles. The number of hydrogen-bond donors (Lipinski definition) is 1. The van der Waals surface area contributed by atoms with Gasteiger partial charge in [0.15, 0.2) is 0 Å². The number of piperidine rings is 1. The highest BCUT2D eigenvalue weighted by atomic mass is 35.5. The zero-order valence-electron chi connectivity index (χ0n) is 11.7. The average Bonchev–Trinajstić information content (AvgIpc) is 3.29. The Bertz CT molecular complexity index is 460. The van der Waals surface area contributed by atoms with Crippen molar-refractivity contribution in [2.75, 3.05) is 31.6 Å². The van der Waals surface area contributed by atoms with Gasteiger partial charge in [0.05, 0.1) is 7.11 Å². The molecule has 1 saturated carbocycles. The Morgan fingerprint density at radius 3 is 2.60 bits per heavy atom. The first kappa shape index (κ1) is 13.8. The van der Waals surface area contributed by atoms with E-state index in [1.807, 2.05) is 0 Å². The predicted molar refractivity (Wildman–Crippen MR) is 77.4 cm³/mol. The molecule has 1 aromatic rings. The van der Waals surface area contributed by atoms with Crippen molar-refractivity contribution >= 4 is 17.5 Å². The zero-order valence-corrected chi connectivity index (χ0v) is 12.4. The maximum Gasteiger partial charge on any atom is 0.322 e. The highest BCUT2D eigenvalue weighted by Gasteiger charge is 2.25. The Morgan fingerprint density at radius 2 is 1.95 bits per heavy atom. The van der Waals surface area contributed by atoms with Crippen LogP contribution in [0.1, 0.15) is 25.7 Å². The van der Waals surface area contributed by atoms with Gasteiger partial charge < -0.3 is 15.0 Å². The van der Waals surface area contributed by atoms with Gasteiger partial charge in [-0.25, -0.2) is 0 Å². The van der Waals surface area contributed by atoms with Gasteiger partial charge in [0.25, 0.3) is 0 Å². The van der Waals surface area contributed by atoms with E-state index in [2.05, 4.69) is 25.2 Å². The molecule has 2 heterocycles. The molecule has 20 heavy (non-hydrogen) atoms. The quantitative estimate of drug-likeness (QED) is 0.889. The lowest BCUT2D eigenvalue weighted by atomic mass is 10.1. The number of hydrogen-bond acceptors (Lipinski definition) is 6.